The summed E-state index contributed by atoms with van der Waals surface area (Å²) in [5, 5.41) is 8.78. The Morgan fingerprint density at radius 2 is 1.89 bits per heavy atom. The molecule has 0 spiro atoms. The molecule has 2 N–H and O–H groups in total. The highest BCUT2D eigenvalue weighted by molar-refractivity contribution is 6.61. The fourth-order valence-electron chi connectivity index (χ4n) is 1.86. The van der Waals surface area contributed by atoms with Gasteiger partial charge in [0.2, 0.25) is 0 Å². The van der Waals surface area contributed by atoms with Crippen LogP contribution in [0.25, 0.3) is 0 Å². The summed E-state index contributed by atoms with van der Waals surface area (Å²) in [6, 6.07) is 3.86. The van der Waals surface area contributed by atoms with E-state index >= 15 is 0 Å². The van der Waals surface area contributed by atoms with Crippen LogP contribution >= 0.6 is 0 Å². The van der Waals surface area contributed by atoms with E-state index < -0.39 is 18.3 Å². The maximum absolute atomic E-state index is 8.78. The van der Waals surface area contributed by atoms with Crippen molar-refractivity contribution in [2.24, 2.45) is 0 Å². The van der Waals surface area contributed by atoms with E-state index in [1.165, 1.54) is 0 Å². The van der Waals surface area contributed by atoms with Gasteiger partial charge in [-0.25, -0.2) is 0 Å². The molecule has 19 heavy (non-hydrogen) atoms. The Kier molecular flexibility index (Phi) is 3.29. The number of nitrogen functional groups attached to an aromatic ring is 1. The second-order valence-electron chi connectivity index (χ2n) is 5.73. The van der Waals surface area contributed by atoms with E-state index in [0.29, 0.717) is 11.3 Å². The molecule has 0 aromatic carbocycles. The van der Waals surface area contributed by atoms with E-state index in [-0.39, 0.29) is 6.42 Å². The lowest BCUT2D eigenvalue weighted by molar-refractivity contribution is 0.00578. The van der Waals surface area contributed by atoms with Gasteiger partial charge in [-0.3, -0.25) is 4.98 Å². The maximum Gasteiger partial charge on any atom is 0.514 e. The van der Waals surface area contributed by atoms with Crippen molar-refractivity contribution in [3.05, 3.63) is 17.8 Å². The summed E-state index contributed by atoms with van der Waals surface area (Å²) in [6.45, 7) is 7.95. The number of nitrogens with two attached hydrogens (primary N) is 1. The Balaban J connectivity index is 2.30. The first-order chi connectivity index (χ1) is 8.77. The van der Waals surface area contributed by atoms with Crippen molar-refractivity contribution >= 4 is 18.4 Å². The number of anilines is 1. The molecule has 0 atom stereocenters. The Morgan fingerprint density at radius 1 is 1.32 bits per heavy atom. The molecule has 5 nitrogen and oxygen atoms in total. The predicted octanol–water partition coefficient (Wildman–Crippen LogP) is 1.03. The Labute approximate surface area is 113 Å². The van der Waals surface area contributed by atoms with Crippen molar-refractivity contribution in [3.63, 3.8) is 0 Å². The Hall–Kier alpha value is -1.58. The van der Waals surface area contributed by atoms with Crippen LogP contribution < -0.4 is 11.3 Å². The summed E-state index contributed by atoms with van der Waals surface area (Å²) in [7, 11) is -0.525. The van der Waals surface area contributed by atoms with Gasteiger partial charge in [-0.1, -0.05) is 0 Å². The minimum atomic E-state index is -0.525. The third-order valence-electron chi connectivity index (χ3n) is 3.81. The molecular weight excluding hydrogens is 241 g/mol. The molecule has 2 heterocycles. The topological polar surface area (TPSA) is 81.2 Å². The fraction of sp³-hybridized carbons (Fsp3) is 0.538. The highest BCUT2D eigenvalue weighted by Crippen LogP contribution is 2.36. The zero-order valence-electron chi connectivity index (χ0n) is 11.7. The van der Waals surface area contributed by atoms with E-state index in [1.807, 2.05) is 27.7 Å². The first-order valence-electron chi connectivity index (χ1n) is 6.24. The molecular formula is C13H18BN3O2. The zero-order chi connectivity index (χ0) is 14.3. The first-order valence-corrected chi connectivity index (χ1v) is 6.24. The smallest absolute Gasteiger partial charge is 0.398 e. The molecule has 6 heteroatoms. The van der Waals surface area contributed by atoms with Crippen LogP contribution in [0.1, 0.15) is 33.3 Å². The summed E-state index contributed by atoms with van der Waals surface area (Å²) in [6.07, 6.45) is 1.80. The molecule has 0 bridgehead atoms. The second-order valence-corrected chi connectivity index (χ2v) is 5.73. The molecule has 0 amide bonds. The molecule has 0 aliphatic carbocycles. The van der Waals surface area contributed by atoms with Crippen molar-refractivity contribution in [1.29, 1.82) is 5.26 Å². The Bertz CT molecular complexity index is 521. The van der Waals surface area contributed by atoms with Crippen LogP contribution in [0.5, 0.6) is 0 Å². The molecule has 100 valence electrons. The summed E-state index contributed by atoms with van der Waals surface area (Å²) in [5.74, 6) is 0. The summed E-state index contributed by atoms with van der Waals surface area (Å²) in [5.41, 5.74) is 6.89. The van der Waals surface area contributed by atoms with E-state index in [9.17, 15) is 0 Å². The van der Waals surface area contributed by atoms with Gasteiger partial charge in [-0.05, 0) is 39.3 Å². The van der Waals surface area contributed by atoms with Crippen LogP contribution in [0.3, 0.4) is 0 Å². The molecule has 0 radical (unpaired) electrons. The Morgan fingerprint density at radius 3 is 2.42 bits per heavy atom. The summed E-state index contributed by atoms with van der Waals surface area (Å²) < 4.78 is 11.8. The van der Waals surface area contributed by atoms with Crippen LogP contribution in [0, 0.1) is 11.3 Å². The highest BCUT2D eigenvalue weighted by atomic mass is 16.7. The van der Waals surface area contributed by atoms with Crippen LogP contribution in [0.4, 0.5) is 5.69 Å². The average Bonchev–Trinajstić information content (AvgIpc) is 2.51. The quantitative estimate of drug-likeness (QED) is 0.802. The van der Waals surface area contributed by atoms with Gasteiger partial charge in [0.15, 0.2) is 0 Å². The van der Waals surface area contributed by atoms with Gasteiger partial charge in [0.25, 0.3) is 0 Å². The lowest BCUT2D eigenvalue weighted by Gasteiger charge is -2.32. The van der Waals surface area contributed by atoms with Gasteiger partial charge in [0.05, 0.1) is 35.0 Å². The van der Waals surface area contributed by atoms with Gasteiger partial charge in [0, 0.05) is 6.20 Å². The predicted molar refractivity (Wildman–Crippen MR) is 73.7 cm³/mol. The minimum absolute atomic E-state index is 0.251. The fourth-order valence-corrected chi connectivity index (χ4v) is 1.86. The average molecular weight is 259 g/mol. The number of hydrogen-bond acceptors (Lipinski definition) is 5. The standard InChI is InChI=1S/C13H18BN3O2/c1-12(2)13(3,4)19-14(18-12)11-7-9(5-6-15)10(16)8-17-11/h7-8H,5,16H2,1-4H3. The second kappa shape index (κ2) is 4.51. The van der Waals surface area contributed by atoms with E-state index in [4.69, 9.17) is 20.3 Å². The van der Waals surface area contributed by atoms with Crippen LogP contribution in [0.2, 0.25) is 0 Å². The van der Waals surface area contributed by atoms with Crippen LogP contribution in [-0.4, -0.2) is 23.3 Å². The highest BCUT2D eigenvalue weighted by Gasteiger charge is 2.52. The molecule has 1 aromatic heterocycles. The van der Waals surface area contributed by atoms with Gasteiger partial charge >= 0.3 is 7.12 Å². The van der Waals surface area contributed by atoms with Crippen molar-refractivity contribution in [1.82, 2.24) is 4.98 Å². The van der Waals surface area contributed by atoms with E-state index in [0.717, 1.165) is 5.56 Å². The number of hydrogen-bond donors (Lipinski definition) is 1. The van der Waals surface area contributed by atoms with Crippen LogP contribution in [0.15, 0.2) is 12.3 Å². The molecule has 2 rings (SSSR count). The van der Waals surface area contributed by atoms with Gasteiger partial charge in [0.1, 0.15) is 0 Å². The third-order valence-corrected chi connectivity index (χ3v) is 3.81. The molecule has 0 saturated carbocycles. The number of nitriles is 1. The first kappa shape index (κ1) is 13.8. The number of pyridine rings is 1. The minimum Gasteiger partial charge on any atom is -0.398 e. The molecule has 0 unspecified atom stereocenters. The summed E-state index contributed by atoms with van der Waals surface area (Å²) >= 11 is 0. The van der Waals surface area contributed by atoms with E-state index in [1.54, 1.807) is 12.3 Å². The molecule has 1 saturated heterocycles. The van der Waals surface area contributed by atoms with Gasteiger partial charge in [-0.2, -0.15) is 5.26 Å². The molecule has 1 aromatic rings. The number of rotatable bonds is 2. The monoisotopic (exact) mass is 259 g/mol. The molecule has 1 fully saturated rings. The van der Waals surface area contributed by atoms with Gasteiger partial charge < -0.3 is 15.0 Å². The maximum atomic E-state index is 8.78. The number of nitrogens with zero attached hydrogens (tertiary/aromatic N) is 2. The summed E-state index contributed by atoms with van der Waals surface area (Å²) in [4.78, 5) is 4.25. The van der Waals surface area contributed by atoms with Crippen molar-refractivity contribution in [2.45, 2.75) is 45.3 Å². The molecule has 1 aliphatic heterocycles. The zero-order valence-corrected chi connectivity index (χ0v) is 11.7. The van der Waals surface area contributed by atoms with Crippen molar-refractivity contribution in [3.8, 4) is 6.07 Å². The lowest BCUT2D eigenvalue weighted by atomic mass is 9.83. The largest absolute Gasteiger partial charge is 0.514 e. The van der Waals surface area contributed by atoms with Crippen LogP contribution in [-0.2, 0) is 15.7 Å². The van der Waals surface area contributed by atoms with Crippen molar-refractivity contribution < 1.29 is 9.31 Å². The SMILES string of the molecule is CC1(C)OB(c2cc(CC#N)c(N)cn2)OC1(C)C. The number of aromatic nitrogens is 1. The normalized spacial score (nSPS) is 20.3. The lowest BCUT2D eigenvalue weighted by Crippen LogP contribution is -2.41. The third kappa shape index (κ3) is 2.44. The van der Waals surface area contributed by atoms with E-state index in [2.05, 4.69) is 11.1 Å². The van der Waals surface area contributed by atoms with Gasteiger partial charge in [-0.15, -0.1) is 0 Å². The van der Waals surface area contributed by atoms with Crippen molar-refractivity contribution in [2.75, 3.05) is 5.73 Å². The molecule has 1 aliphatic rings.